The lowest BCUT2D eigenvalue weighted by atomic mass is 10.2. The average molecular weight is 312 g/mol. The van der Waals surface area contributed by atoms with Gasteiger partial charge < -0.3 is 14.5 Å². The predicted octanol–water partition coefficient (Wildman–Crippen LogP) is 2.38. The third-order valence-electron chi connectivity index (χ3n) is 3.73. The predicted molar refractivity (Wildman–Crippen MR) is 88.0 cm³/mol. The molecule has 0 saturated heterocycles. The topological polar surface area (TPSA) is 77.6 Å². The Labute approximate surface area is 134 Å². The SMILES string of the molecule is CCCn1c(C)nc2cc(NC(=O)CCn3cnnc3)ccc21. The van der Waals surface area contributed by atoms with Gasteiger partial charge >= 0.3 is 0 Å². The van der Waals surface area contributed by atoms with Crippen molar-refractivity contribution < 1.29 is 4.79 Å². The number of carbonyl (C=O) groups is 1. The molecule has 3 aromatic rings. The summed E-state index contributed by atoms with van der Waals surface area (Å²) >= 11 is 0. The molecule has 0 spiro atoms. The zero-order valence-electron chi connectivity index (χ0n) is 13.4. The van der Waals surface area contributed by atoms with Crippen LogP contribution in [-0.4, -0.2) is 30.2 Å². The minimum atomic E-state index is -0.0391. The van der Waals surface area contributed by atoms with Crippen molar-refractivity contribution in [2.45, 2.75) is 39.8 Å². The molecule has 0 unspecified atom stereocenters. The highest BCUT2D eigenvalue weighted by molar-refractivity contribution is 5.93. The van der Waals surface area contributed by atoms with E-state index in [1.54, 1.807) is 17.2 Å². The van der Waals surface area contributed by atoms with Crippen LogP contribution in [0.4, 0.5) is 5.69 Å². The lowest BCUT2D eigenvalue weighted by Crippen LogP contribution is -2.14. The number of carbonyl (C=O) groups excluding carboxylic acids is 1. The number of imidazole rings is 1. The Hall–Kier alpha value is -2.70. The molecule has 0 aliphatic heterocycles. The summed E-state index contributed by atoms with van der Waals surface area (Å²) in [5.74, 6) is 0.959. The van der Waals surface area contributed by atoms with E-state index in [4.69, 9.17) is 0 Å². The van der Waals surface area contributed by atoms with Gasteiger partial charge in [0.1, 0.15) is 18.5 Å². The average Bonchev–Trinajstić information content (AvgIpc) is 3.14. The van der Waals surface area contributed by atoms with Crippen LogP contribution in [0.3, 0.4) is 0 Å². The van der Waals surface area contributed by atoms with Crippen molar-refractivity contribution in [3.63, 3.8) is 0 Å². The van der Waals surface area contributed by atoms with Crippen LogP contribution in [0.1, 0.15) is 25.6 Å². The zero-order chi connectivity index (χ0) is 16.2. The minimum Gasteiger partial charge on any atom is -0.328 e. The summed E-state index contributed by atoms with van der Waals surface area (Å²) in [5.41, 5.74) is 2.78. The Morgan fingerprint density at radius 1 is 1.22 bits per heavy atom. The van der Waals surface area contributed by atoms with Crippen LogP contribution in [0, 0.1) is 6.92 Å². The van der Waals surface area contributed by atoms with Gasteiger partial charge in [0.25, 0.3) is 0 Å². The Morgan fingerprint density at radius 2 is 2.00 bits per heavy atom. The molecule has 0 atom stereocenters. The van der Waals surface area contributed by atoms with E-state index < -0.39 is 0 Å². The molecule has 2 aromatic heterocycles. The Kier molecular flexibility index (Phi) is 4.36. The largest absolute Gasteiger partial charge is 0.328 e. The molecule has 0 aliphatic carbocycles. The van der Waals surface area contributed by atoms with Crippen molar-refractivity contribution in [3.8, 4) is 0 Å². The first kappa shape index (κ1) is 15.2. The van der Waals surface area contributed by atoms with E-state index in [-0.39, 0.29) is 5.91 Å². The monoisotopic (exact) mass is 312 g/mol. The van der Waals surface area contributed by atoms with Crippen molar-refractivity contribution in [2.75, 3.05) is 5.32 Å². The highest BCUT2D eigenvalue weighted by atomic mass is 16.1. The van der Waals surface area contributed by atoms with Crippen LogP contribution >= 0.6 is 0 Å². The molecule has 3 rings (SSSR count). The number of rotatable bonds is 6. The van der Waals surface area contributed by atoms with E-state index in [2.05, 4.69) is 32.0 Å². The Bertz CT molecular complexity index is 805. The van der Waals surface area contributed by atoms with Gasteiger partial charge in [0.05, 0.1) is 11.0 Å². The highest BCUT2D eigenvalue weighted by Crippen LogP contribution is 2.21. The summed E-state index contributed by atoms with van der Waals surface area (Å²) in [5, 5.41) is 10.3. The molecule has 0 saturated carbocycles. The van der Waals surface area contributed by atoms with Crippen molar-refractivity contribution in [2.24, 2.45) is 0 Å². The third kappa shape index (κ3) is 3.39. The second-order valence-electron chi connectivity index (χ2n) is 5.51. The third-order valence-corrected chi connectivity index (χ3v) is 3.73. The summed E-state index contributed by atoms with van der Waals surface area (Å²) in [6.45, 7) is 5.67. The number of amides is 1. The fourth-order valence-corrected chi connectivity index (χ4v) is 2.63. The smallest absolute Gasteiger partial charge is 0.226 e. The molecule has 1 N–H and O–H groups in total. The van der Waals surface area contributed by atoms with Gasteiger partial charge in [-0.05, 0) is 31.5 Å². The van der Waals surface area contributed by atoms with Crippen molar-refractivity contribution >= 4 is 22.6 Å². The molecular formula is C16H20N6O. The summed E-state index contributed by atoms with van der Waals surface area (Å²) in [4.78, 5) is 16.6. The van der Waals surface area contributed by atoms with Gasteiger partial charge in [-0.2, -0.15) is 0 Å². The number of hydrogen-bond donors (Lipinski definition) is 1. The fourth-order valence-electron chi connectivity index (χ4n) is 2.63. The first-order chi connectivity index (χ1) is 11.2. The molecule has 120 valence electrons. The van der Waals surface area contributed by atoms with Crippen LogP contribution in [0.25, 0.3) is 11.0 Å². The number of nitrogens with zero attached hydrogens (tertiary/aromatic N) is 5. The van der Waals surface area contributed by atoms with Crippen LogP contribution in [0.5, 0.6) is 0 Å². The normalized spacial score (nSPS) is 11.0. The number of benzene rings is 1. The van der Waals surface area contributed by atoms with Crippen LogP contribution < -0.4 is 5.32 Å². The zero-order valence-corrected chi connectivity index (χ0v) is 13.4. The number of nitrogens with one attached hydrogen (secondary N) is 1. The van der Waals surface area contributed by atoms with Gasteiger partial charge in [0.15, 0.2) is 0 Å². The van der Waals surface area contributed by atoms with Gasteiger partial charge in [-0.1, -0.05) is 6.92 Å². The number of anilines is 1. The highest BCUT2D eigenvalue weighted by Gasteiger charge is 2.09. The number of aromatic nitrogens is 5. The van der Waals surface area contributed by atoms with Crippen molar-refractivity contribution in [1.29, 1.82) is 0 Å². The first-order valence-corrected chi connectivity index (χ1v) is 7.76. The standard InChI is InChI=1S/C16H20N6O/c1-3-7-22-12(2)19-14-9-13(4-5-15(14)22)20-16(23)6-8-21-10-17-18-11-21/h4-5,9-11H,3,6-8H2,1-2H3,(H,20,23). The van der Waals surface area contributed by atoms with E-state index in [1.165, 1.54) is 0 Å². The molecule has 7 heteroatoms. The number of aryl methyl sites for hydroxylation is 3. The van der Waals surface area contributed by atoms with Crippen LogP contribution in [0.15, 0.2) is 30.9 Å². The number of hydrogen-bond acceptors (Lipinski definition) is 4. The first-order valence-electron chi connectivity index (χ1n) is 7.76. The van der Waals surface area contributed by atoms with Crippen LogP contribution in [-0.2, 0) is 17.9 Å². The quantitative estimate of drug-likeness (QED) is 0.758. The maximum Gasteiger partial charge on any atom is 0.226 e. The van der Waals surface area contributed by atoms with Gasteiger partial charge in [0.2, 0.25) is 5.91 Å². The molecule has 1 aromatic carbocycles. The fraction of sp³-hybridized carbons (Fsp3) is 0.375. The molecule has 0 radical (unpaired) electrons. The molecule has 0 aliphatic rings. The van der Waals surface area contributed by atoms with E-state index in [0.29, 0.717) is 13.0 Å². The Morgan fingerprint density at radius 3 is 2.74 bits per heavy atom. The van der Waals surface area contributed by atoms with Gasteiger partial charge in [-0.25, -0.2) is 4.98 Å². The van der Waals surface area contributed by atoms with Crippen LogP contribution in [0.2, 0.25) is 0 Å². The summed E-state index contributed by atoms with van der Waals surface area (Å²) in [6.07, 6.45) is 4.64. The van der Waals surface area contributed by atoms with Gasteiger partial charge in [-0.15, -0.1) is 10.2 Å². The second-order valence-corrected chi connectivity index (χ2v) is 5.51. The molecule has 23 heavy (non-hydrogen) atoms. The molecule has 7 nitrogen and oxygen atoms in total. The minimum absolute atomic E-state index is 0.0391. The van der Waals surface area contributed by atoms with E-state index in [9.17, 15) is 4.79 Å². The lowest BCUT2D eigenvalue weighted by molar-refractivity contribution is -0.116. The molecule has 0 bridgehead atoms. The molecule has 0 fully saturated rings. The summed E-state index contributed by atoms with van der Waals surface area (Å²) in [6, 6.07) is 5.86. The van der Waals surface area contributed by atoms with E-state index >= 15 is 0 Å². The second kappa shape index (κ2) is 6.60. The van der Waals surface area contributed by atoms with E-state index in [1.807, 2.05) is 25.1 Å². The maximum atomic E-state index is 12.0. The molecular weight excluding hydrogens is 292 g/mol. The maximum absolute atomic E-state index is 12.0. The summed E-state index contributed by atoms with van der Waals surface area (Å²) in [7, 11) is 0. The van der Waals surface area contributed by atoms with E-state index in [0.717, 1.165) is 35.5 Å². The van der Waals surface area contributed by atoms with Gasteiger partial charge in [-0.3, -0.25) is 4.79 Å². The summed E-state index contributed by atoms with van der Waals surface area (Å²) < 4.78 is 3.98. The van der Waals surface area contributed by atoms with Crippen molar-refractivity contribution in [3.05, 3.63) is 36.7 Å². The van der Waals surface area contributed by atoms with Gasteiger partial charge in [0, 0.05) is 25.2 Å². The Balaban J connectivity index is 1.69. The van der Waals surface area contributed by atoms with Crippen molar-refractivity contribution in [1.82, 2.24) is 24.3 Å². The molecule has 1 amide bonds. The lowest BCUT2D eigenvalue weighted by Gasteiger charge is -2.07. The number of fused-ring (bicyclic) bond motifs is 1. The molecule has 2 heterocycles.